The summed E-state index contributed by atoms with van der Waals surface area (Å²) in [6.07, 6.45) is 51.0. The second-order valence-corrected chi connectivity index (χ2v) is 15.2. The highest BCUT2D eigenvalue weighted by molar-refractivity contribution is 7.17. The first-order chi connectivity index (χ1) is 19.3. The van der Waals surface area contributed by atoms with Gasteiger partial charge in [-0.1, -0.05) is 193 Å². The van der Waals surface area contributed by atoms with E-state index in [-0.39, 0.29) is 9.90 Å². The summed E-state index contributed by atoms with van der Waals surface area (Å²) < 4.78 is 0. The number of unbranched alkanes of at least 4 members (excludes halogenated alkanes) is 17. The van der Waals surface area contributed by atoms with Crippen LogP contribution in [0.5, 0.6) is 0 Å². The lowest BCUT2D eigenvalue weighted by Crippen LogP contribution is -2.36. The molecule has 2 fully saturated rings. The normalized spacial score (nSPS) is 22.6. The second kappa shape index (κ2) is 27.4. The van der Waals surface area contributed by atoms with Crippen LogP contribution in [0.1, 0.15) is 225 Å². The summed E-state index contributed by atoms with van der Waals surface area (Å²) in [4.78, 5) is 0. The van der Waals surface area contributed by atoms with E-state index in [1.165, 1.54) is 199 Å². The van der Waals surface area contributed by atoms with Crippen LogP contribution in [-0.4, -0.2) is 5.66 Å². The predicted octanol–water partition coefficient (Wildman–Crippen LogP) is 14.2. The molecule has 2 saturated carbocycles. The van der Waals surface area contributed by atoms with Crippen molar-refractivity contribution in [2.24, 2.45) is 11.3 Å². The minimum Gasteiger partial charge on any atom is -0.153 e. The van der Waals surface area contributed by atoms with E-state index in [1.807, 2.05) is 0 Å². The van der Waals surface area contributed by atoms with Crippen LogP contribution >= 0.6 is 19.1 Å². The Morgan fingerprint density at radius 3 is 1.25 bits per heavy atom. The van der Waals surface area contributed by atoms with Crippen LogP contribution < -0.4 is 0 Å². The second-order valence-electron chi connectivity index (χ2n) is 14.4. The molecular weight excluding hydrogens is 518 g/mol. The number of hydrogen-bond donors (Lipinski definition) is 0. The quantitative estimate of drug-likeness (QED) is 0.0968. The van der Waals surface area contributed by atoms with Crippen molar-refractivity contribution in [3.63, 3.8) is 0 Å². The van der Waals surface area contributed by atoms with Gasteiger partial charge in [0, 0.05) is 0 Å². The van der Waals surface area contributed by atoms with Crippen LogP contribution in [0.15, 0.2) is 0 Å². The Morgan fingerprint density at radius 1 is 0.450 bits per heavy atom. The van der Waals surface area contributed by atoms with E-state index in [0.717, 1.165) is 11.6 Å². The van der Waals surface area contributed by atoms with Crippen LogP contribution in [0.25, 0.3) is 0 Å². The zero-order valence-corrected chi connectivity index (χ0v) is 30.5. The van der Waals surface area contributed by atoms with E-state index in [2.05, 4.69) is 16.2 Å². The zero-order valence-electron chi connectivity index (χ0n) is 28.0. The molecular formula is C38H78P2. The molecule has 0 spiro atoms. The van der Waals surface area contributed by atoms with Gasteiger partial charge in [0.05, 0.1) is 0 Å². The molecule has 2 aliphatic carbocycles. The number of rotatable bonds is 20. The van der Waals surface area contributed by atoms with Crippen LogP contribution in [0.3, 0.4) is 0 Å². The van der Waals surface area contributed by atoms with E-state index in [0.29, 0.717) is 5.41 Å². The molecule has 0 aromatic heterocycles. The molecule has 0 amide bonds. The molecule has 0 saturated heterocycles. The van der Waals surface area contributed by atoms with Gasteiger partial charge in [-0.15, -0.1) is 9.24 Å². The van der Waals surface area contributed by atoms with E-state index < -0.39 is 0 Å². The highest BCUT2D eigenvalue weighted by Gasteiger charge is 2.40. The fourth-order valence-corrected chi connectivity index (χ4v) is 9.26. The predicted molar refractivity (Wildman–Crippen MR) is 193 cm³/mol. The van der Waals surface area contributed by atoms with Gasteiger partial charge in [-0.2, -0.15) is 9.90 Å². The van der Waals surface area contributed by atoms with Crippen molar-refractivity contribution in [3.05, 3.63) is 0 Å². The molecule has 0 aliphatic heterocycles. The van der Waals surface area contributed by atoms with Crippen molar-refractivity contribution in [2.45, 2.75) is 231 Å². The molecule has 2 rings (SSSR count). The van der Waals surface area contributed by atoms with Crippen molar-refractivity contribution < 1.29 is 0 Å². The average Bonchev–Trinajstić information content (AvgIpc) is 3.13. The Kier molecular flexibility index (Phi) is 26.6. The minimum atomic E-state index is 0. The molecule has 4 unspecified atom stereocenters. The molecule has 0 aromatic rings. The first kappa shape index (κ1) is 38.9. The van der Waals surface area contributed by atoms with Gasteiger partial charge in [0.1, 0.15) is 0 Å². The lowest BCUT2D eigenvalue weighted by Gasteiger charge is -2.45. The van der Waals surface area contributed by atoms with Gasteiger partial charge in [0.15, 0.2) is 0 Å². The van der Waals surface area contributed by atoms with E-state index in [4.69, 9.17) is 0 Å². The van der Waals surface area contributed by atoms with Crippen molar-refractivity contribution in [1.29, 1.82) is 0 Å². The van der Waals surface area contributed by atoms with Crippen LogP contribution in [0, 0.1) is 11.3 Å². The maximum atomic E-state index is 3.39. The molecule has 0 radical (unpaired) electrons. The molecule has 4 atom stereocenters. The monoisotopic (exact) mass is 597 g/mol. The summed E-state index contributed by atoms with van der Waals surface area (Å²) in [5.74, 6) is 0.990. The van der Waals surface area contributed by atoms with E-state index >= 15 is 0 Å². The Hall–Kier alpha value is 0.860. The van der Waals surface area contributed by atoms with Gasteiger partial charge < -0.3 is 0 Å². The highest BCUT2D eigenvalue weighted by Crippen LogP contribution is 2.50. The summed E-state index contributed by atoms with van der Waals surface area (Å²) in [7, 11) is 3.39. The maximum absolute atomic E-state index is 3.39. The van der Waals surface area contributed by atoms with Crippen LogP contribution in [0.4, 0.5) is 0 Å². The van der Waals surface area contributed by atoms with Crippen LogP contribution in [-0.2, 0) is 0 Å². The van der Waals surface area contributed by atoms with E-state index in [9.17, 15) is 0 Å². The van der Waals surface area contributed by atoms with Crippen molar-refractivity contribution in [3.8, 4) is 0 Å². The van der Waals surface area contributed by atoms with Crippen molar-refractivity contribution in [1.82, 2.24) is 0 Å². The van der Waals surface area contributed by atoms with Gasteiger partial charge in [-0.3, -0.25) is 0 Å². The smallest absolute Gasteiger partial charge is 0.0231 e. The third-order valence-corrected chi connectivity index (χ3v) is 11.8. The molecule has 240 valence electrons. The summed E-state index contributed by atoms with van der Waals surface area (Å²) in [5, 5.41) is 0. The molecule has 0 N–H and O–H groups in total. The Labute approximate surface area is 260 Å². The zero-order chi connectivity index (χ0) is 27.7. The van der Waals surface area contributed by atoms with Gasteiger partial charge in [0.25, 0.3) is 0 Å². The largest absolute Gasteiger partial charge is 0.153 e. The first-order valence-corrected chi connectivity index (χ1v) is 19.7. The van der Waals surface area contributed by atoms with Gasteiger partial charge in [-0.05, 0) is 49.1 Å². The summed E-state index contributed by atoms with van der Waals surface area (Å²) >= 11 is 0. The molecule has 0 nitrogen and oxygen atoms in total. The number of hydrogen-bond acceptors (Lipinski definition) is 0. The topological polar surface area (TPSA) is 0 Å². The Balaban J connectivity index is 0.00000800. The van der Waals surface area contributed by atoms with Gasteiger partial charge >= 0.3 is 0 Å². The van der Waals surface area contributed by atoms with E-state index in [1.54, 1.807) is 19.3 Å². The lowest BCUT2D eigenvalue weighted by molar-refractivity contribution is 0.0898. The van der Waals surface area contributed by atoms with Gasteiger partial charge in [0.2, 0.25) is 0 Å². The third-order valence-electron chi connectivity index (χ3n) is 11.0. The summed E-state index contributed by atoms with van der Waals surface area (Å²) in [5.41, 5.74) is 1.57. The molecule has 2 aliphatic rings. The van der Waals surface area contributed by atoms with Crippen molar-refractivity contribution in [2.75, 3.05) is 0 Å². The average molecular weight is 597 g/mol. The molecule has 0 bridgehead atoms. The van der Waals surface area contributed by atoms with Crippen molar-refractivity contribution >= 4 is 19.1 Å². The fraction of sp³-hybridized carbons (Fsp3) is 1.00. The highest BCUT2D eigenvalue weighted by atomic mass is 31.0. The standard InChI is InChI=1S/C38H75P.H3P/c1-2-3-4-5-6-7-8-9-10-11-12-13-14-15-16-17-23-28-33-38(34-29-24-18-19-25-30-35-38)36-31-26-21-20-22-27-32-37(36)39;/h36-37H,2-35,39H2,1H3;1H3. The SMILES string of the molecule is CCCCCCCCCCCCCCCCCCCCC1(C2CCCCCCCC2P)CCCCCCCC1.P. The molecule has 40 heavy (non-hydrogen) atoms. The summed E-state index contributed by atoms with van der Waals surface area (Å²) in [6.45, 7) is 2.31. The molecule has 0 heterocycles. The fourth-order valence-electron chi connectivity index (χ4n) is 8.42. The third kappa shape index (κ3) is 18.5. The van der Waals surface area contributed by atoms with Crippen LogP contribution in [0.2, 0.25) is 0 Å². The first-order valence-electron chi connectivity index (χ1n) is 19.0. The Bertz CT molecular complexity index is 508. The molecule has 0 aromatic carbocycles. The lowest BCUT2D eigenvalue weighted by atomic mass is 9.63. The minimum absolute atomic E-state index is 0. The Morgan fingerprint density at radius 2 is 0.800 bits per heavy atom. The maximum Gasteiger partial charge on any atom is -0.0231 e. The summed E-state index contributed by atoms with van der Waals surface area (Å²) in [6, 6.07) is 0. The molecule has 2 heteroatoms. The van der Waals surface area contributed by atoms with Gasteiger partial charge in [-0.25, -0.2) is 0 Å².